The number of hydrogen-bond donors (Lipinski definition) is 3. The Bertz CT molecular complexity index is 736. The topological polar surface area (TPSA) is 65.9 Å². The molecule has 2 aromatic rings. The third kappa shape index (κ3) is 5.70. The van der Waals surface area contributed by atoms with Gasteiger partial charge in [-0.15, -0.1) is 0 Å². The maximum absolute atomic E-state index is 13.7. The van der Waals surface area contributed by atoms with Crippen molar-refractivity contribution in [2.45, 2.75) is 19.6 Å². The molecule has 0 fully saturated rings. The quantitative estimate of drug-likeness (QED) is 0.523. The molecule has 7 heteroatoms. The lowest BCUT2D eigenvalue weighted by Crippen LogP contribution is -2.39. The summed E-state index contributed by atoms with van der Waals surface area (Å²) in [4.78, 5) is 4.24. The van der Waals surface area contributed by atoms with Crippen LogP contribution in [0.25, 0.3) is 0 Å². The lowest BCUT2D eigenvalue weighted by atomic mass is 10.1. The molecule has 0 radical (unpaired) electrons. The molecular weight excluding hydrogens is 340 g/mol. The zero-order valence-corrected chi connectivity index (χ0v) is 14.8. The number of halogens is 2. The number of guanidine groups is 1. The number of nitrogens with one attached hydrogen (secondary N) is 2. The van der Waals surface area contributed by atoms with Crippen LogP contribution in [0.5, 0.6) is 5.75 Å². The number of aliphatic hydroxyl groups excluding tert-OH is 1. The maximum atomic E-state index is 13.7. The van der Waals surface area contributed by atoms with Crippen LogP contribution < -0.4 is 15.4 Å². The molecule has 140 valence electrons. The summed E-state index contributed by atoms with van der Waals surface area (Å²) in [5.74, 6) is 0.0957. The fourth-order valence-corrected chi connectivity index (χ4v) is 2.31. The van der Waals surface area contributed by atoms with E-state index in [-0.39, 0.29) is 18.7 Å². The van der Waals surface area contributed by atoms with Crippen LogP contribution in [0.4, 0.5) is 8.78 Å². The molecule has 0 aromatic heterocycles. The summed E-state index contributed by atoms with van der Waals surface area (Å²) in [6.45, 7) is 2.68. The van der Waals surface area contributed by atoms with E-state index in [1.54, 1.807) is 31.4 Å². The summed E-state index contributed by atoms with van der Waals surface area (Å²) < 4.78 is 32.0. The van der Waals surface area contributed by atoms with E-state index in [9.17, 15) is 13.9 Å². The number of nitrogens with zero attached hydrogens (tertiary/aromatic N) is 1. The lowest BCUT2D eigenvalue weighted by Gasteiger charge is -2.16. The Morgan fingerprint density at radius 1 is 1.15 bits per heavy atom. The van der Waals surface area contributed by atoms with Crippen molar-refractivity contribution in [1.29, 1.82) is 0 Å². The fraction of sp³-hybridized carbons (Fsp3) is 0.316. The number of hydrogen-bond acceptors (Lipinski definition) is 3. The van der Waals surface area contributed by atoms with Gasteiger partial charge in [-0.2, -0.15) is 0 Å². The van der Waals surface area contributed by atoms with Crippen molar-refractivity contribution >= 4 is 5.96 Å². The number of benzene rings is 2. The molecule has 3 N–H and O–H groups in total. The largest absolute Gasteiger partial charge is 0.497 e. The lowest BCUT2D eigenvalue weighted by molar-refractivity contribution is 0.180. The molecule has 2 rings (SSSR count). The number of methoxy groups -OCH3 is 1. The molecule has 0 aliphatic heterocycles. The van der Waals surface area contributed by atoms with Crippen LogP contribution >= 0.6 is 0 Å². The van der Waals surface area contributed by atoms with Crippen molar-refractivity contribution in [3.63, 3.8) is 0 Å². The van der Waals surface area contributed by atoms with E-state index in [1.165, 1.54) is 0 Å². The monoisotopic (exact) mass is 363 g/mol. The van der Waals surface area contributed by atoms with Crippen molar-refractivity contribution in [3.8, 4) is 5.75 Å². The summed E-state index contributed by atoms with van der Waals surface area (Å²) >= 11 is 0. The molecule has 1 atom stereocenters. The second-order valence-electron chi connectivity index (χ2n) is 5.60. The summed E-state index contributed by atoms with van der Waals surface area (Å²) in [7, 11) is 1.58. The van der Waals surface area contributed by atoms with Gasteiger partial charge >= 0.3 is 0 Å². The smallest absolute Gasteiger partial charge is 0.191 e. The van der Waals surface area contributed by atoms with Crippen LogP contribution in [0.1, 0.15) is 24.2 Å². The molecule has 0 heterocycles. The zero-order valence-electron chi connectivity index (χ0n) is 14.8. The van der Waals surface area contributed by atoms with Gasteiger partial charge in [-0.3, -0.25) is 0 Å². The van der Waals surface area contributed by atoms with Crippen molar-refractivity contribution < 1.29 is 18.6 Å². The van der Waals surface area contributed by atoms with Crippen molar-refractivity contribution in [3.05, 3.63) is 65.2 Å². The van der Waals surface area contributed by atoms with Gasteiger partial charge in [0.05, 0.1) is 19.8 Å². The molecule has 2 aromatic carbocycles. The molecule has 0 saturated carbocycles. The third-order valence-corrected chi connectivity index (χ3v) is 3.72. The molecule has 0 amide bonds. The summed E-state index contributed by atoms with van der Waals surface area (Å²) in [5.41, 5.74) is 0.892. The SMILES string of the molecule is CCNC(=NCc1cc(F)ccc1F)NCC(O)c1ccc(OC)cc1. The molecule has 0 aliphatic rings. The first-order valence-corrected chi connectivity index (χ1v) is 8.31. The Morgan fingerprint density at radius 3 is 2.54 bits per heavy atom. The van der Waals surface area contributed by atoms with Crippen LogP contribution in [0.15, 0.2) is 47.5 Å². The minimum absolute atomic E-state index is 0.0163. The zero-order chi connectivity index (χ0) is 18.9. The van der Waals surface area contributed by atoms with E-state index in [1.807, 2.05) is 6.92 Å². The van der Waals surface area contributed by atoms with Crippen LogP contribution in [0, 0.1) is 11.6 Å². The van der Waals surface area contributed by atoms with E-state index in [0.29, 0.717) is 18.3 Å². The van der Waals surface area contributed by atoms with Gasteiger partial charge in [-0.1, -0.05) is 12.1 Å². The summed E-state index contributed by atoms with van der Waals surface area (Å²) in [6, 6.07) is 10.4. The molecule has 0 bridgehead atoms. The predicted molar refractivity (Wildman–Crippen MR) is 97.1 cm³/mol. The van der Waals surface area contributed by atoms with E-state index in [4.69, 9.17) is 4.74 Å². The Kier molecular flexibility index (Phi) is 7.35. The highest BCUT2D eigenvalue weighted by molar-refractivity contribution is 5.79. The van der Waals surface area contributed by atoms with Crippen LogP contribution in [0.2, 0.25) is 0 Å². The van der Waals surface area contributed by atoms with Crippen molar-refractivity contribution in [2.75, 3.05) is 20.2 Å². The Morgan fingerprint density at radius 2 is 1.88 bits per heavy atom. The van der Waals surface area contributed by atoms with Gasteiger partial charge in [0.25, 0.3) is 0 Å². The first kappa shape index (κ1) is 19.7. The van der Waals surface area contributed by atoms with Gasteiger partial charge in [0.15, 0.2) is 5.96 Å². The third-order valence-electron chi connectivity index (χ3n) is 3.72. The van der Waals surface area contributed by atoms with Gasteiger partial charge in [0, 0.05) is 18.7 Å². The number of ether oxygens (including phenoxy) is 1. The Balaban J connectivity index is 1.98. The van der Waals surface area contributed by atoms with Crippen LogP contribution in [-0.2, 0) is 6.54 Å². The second kappa shape index (κ2) is 9.72. The molecule has 0 aliphatic carbocycles. The molecular formula is C19H23F2N3O2. The molecule has 1 unspecified atom stereocenters. The molecule has 0 spiro atoms. The van der Waals surface area contributed by atoms with E-state index in [0.717, 1.165) is 23.8 Å². The number of rotatable bonds is 7. The Hall–Kier alpha value is -2.67. The highest BCUT2D eigenvalue weighted by Gasteiger charge is 2.09. The van der Waals surface area contributed by atoms with Gasteiger partial charge < -0.3 is 20.5 Å². The average Bonchev–Trinajstić information content (AvgIpc) is 2.66. The Labute approximate surface area is 151 Å². The van der Waals surface area contributed by atoms with Crippen molar-refractivity contribution in [2.24, 2.45) is 4.99 Å². The number of aliphatic imine (C=N–C) groups is 1. The van der Waals surface area contributed by atoms with Gasteiger partial charge in [0.2, 0.25) is 0 Å². The molecule has 0 saturated heterocycles. The average molecular weight is 363 g/mol. The first-order chi connectivity index (χ1) is 12.5. The minimum atomic E-state index is -0.754. The molecule has 26 heavy (non-hydrogen) atoms. The minimum Gasteiger partial charge on any atom is -0.497 e. The highest BCUT2D eigenvalue weighted by Crippen LogP contribution is 2.17. The fourth-order valence-electron chi connectivity index (χ4n) is 2.31. The van der Waals surface area contributed by atoms with E-state index in [2.05, 4.69) is 15.6 Å². The van der Waals surface area contributed by atoms with Gasteiger partial charge in [-0.25, -0.2) is 13.8 Å². The number of aliphatic hydroxyl groups is 1. The van der Waals surface area contributed by atoms with Gasteiger partial charge in [-0.05, 0) is 42.8 Å². The van der Waals surface area contributed by atoms with E-state index < -0.39 is 17.7 Å². The summed E-state index contributed by atoms with van der Waals surface area (Å²) in [6.07, 6.45) is -0.754. The normalized spacial score (nSPS) is 12.6. The van der Waals surface area contributed by atoms with Crippen LogP contribution in [-0.4, -0.2) is 31.3 Å². The second-order valence-corrected chi connectivity index (χ2v) is 5.60. The predicted octanol–water partition coefficient (Wildman–Crippen LogP) is 2.76. The van der Waals surface area contributed by atoms with E-state index >= 15 is 0 Å². The van der Waals surface area contributed by atoms with Crippen LogP contribution in [0.3, 0.4) is 0 Å². The maximum Gasteiger partial charge on any atom is 0.191 e. The van der Waals surface area contributed by atoms with Crippen molar-refractivity contribution in [1.82, 2.24) is 10.6 Å². The first-order valence-electron chi connectivity index (χ1n) is 8.31. The highest BCUT2D eigenvalue weighted by atomic mass is 19.1. The summed E-state index contributed by atoms with van der Waals surface area (Å²) in [5, 5.41) is 16.3. The van der Waals surface area contributed by atoms with Gasteiger partial charge in [0.1, 0.15) is 17.4 Å². The molecule has 5 nitrogen and oxygen atoms in total. The standard InChI is InChI=1S/C19H23F2N3O2/c1-3-22-19(23-11-14-10-15(20)6-9-17(14)21)24-12-18(25)13-4-7-16(26-2)8-5-13/h4-10,18,25H,3,11-12H2,1-2H3,(H2,22,23,24).